The molecule has 240 valence electrons. The van der Waals surface area contributed by atoms with E-state index in [1.165, 1.54) is 4.90 Å². The number of carbonyl (C=O) groups excluding carboxylic acids is 2. The second-order valence-electron chi connectivity index (χ2n) is 11.1. The van der Waals surface area contributed by atoms with Gasteiger partial charge in [0, 0.05) is 0 Å². The number of carbonyl (C=O) groups is 2. The molecule has 4 aromatic carbocycles. The van der Waals surface area contributed by atoms with Crippen LogP contribution in [0.5, 0.6) is 0 Å². The second-order valence-corrected chi connectivity index (χ2v) is 11.1. The summed E-state index contributed by atoms with van der Waals surface area (Å²) in [5, 5.41) is 0. The quantitative estimate of drug-likeness (QED) is 0.147. The fraction of sp³-hybridized carbons (Fsp3) is 0.316. The lowest BCUT2D eigenvalue weighted by atomic mass is 9.92. The van der Waals surface area contributed by atoms with E-state index in [-0.39, 0.29) is 45.5 Å². The van der Waals surface area contributed by atoms with E-state index >= 15 is 0 Å². The molecule has 0 saturated carbocycles. The Morgan fingerprint density at radius 1 is 0.609 bits per heavy atom. The Balaban J connectivity index is 1.48. The fourth-order valence-corrected chi connectivity index (χ4v) is 5.48. The molecule has 1 aliphatic rings. The third kappa shape index (κ3) is 9.34. The highest BCUT2D eigenvalue weighted by Gasteiger charge is 2.51. The van der Waals surface area contributed by atoms with E-state index in [0.717, 1.165) is 22.3 Å². The van der Waals surface area contributed by atoms with E-state index in [1.54, 1.807) is 6.92 Å². The molecule has 0 aromatic heterocycles. The summed E-state index contributed by atoms with van der Waals surface area (Å²) in [6.07, 6.45) is -2.55. The number of hydrogen-bond acceptors (Lipinski definition) is 7. The van der Waals surface area contributed by atoms with Crippen molar-refractivity contribution in [2.45, 2.75) is 57.7 Å². The second kappa shape index (κ2) is 17.4. The smallest absolute Gasteiger partial charge is 0.325 e. The monoisotopic (exact) mass is 623 g/mol. The number of rotatable bonds is 16. The summed E-state index contributed by atoms with van der Waals surface area (Å²) >= 11 is 0. The van der Waals surface area contributed by atoms with E-state index in [2.05, 4.69) is 0 Å². The standard InChI is InChI=1S/C38H41NO7/c1-2-43-34(40)23-39-33(28-42-24-29-15-7-3-8-16-29)35(44-25-30-17-9-4-10-18-30)36(45-26-31-19-11-5-12-20-31)37(38(39)41)46-27-32-21-13-6-14-22-32/h3-22,33,35-37H,2,23-28H2,1H3/t33-,35-,36+,37-/m1/s1. The number of piperidine rings is 1. The molecule has 1 fully saturated rings. The summed E-state index contributed by atoms with van der Waals surface area (Å²) in [5.41, 5.74) is 3.81. The van der Waals surface area contributed by atoms with Crippen LogP contribution in [0, 0.1) is 0 Å². The number of benzene rings is 4. The highest BCUT2D eigenvalue weighted by Crippen LogP contribution is 2.30. The predicted molar refractivity (Wildman–Crippen MR) is 173 cm³/mol. The van der Waals surface area contributed by atoms with Crippen molar-refractivity contribution in [3.63, 3.8) is 0 Å². The Bertz CT molecular complexity index is 1470. The zero-order chi connectivity index (χ0) is 32.0. The molecule has 4 atom stereocenters. The number of nitrogens with zero attached hydrogens (tertiary/aromatic N) is 1. The minimum absolute atomic E-state index is 0.107. The molecule has 1 saturated heterocycles. The maximum atomic E-state index is 14.4. The van der Waals surface area contributed by atoms with Crippen molar-refractivity contribution in [3.05, 3.63) is 144 Å². The van der Waals surface area contributed by atoms with Gasteiger partial charge in [0.1, 0.15) is 18.8 Å². The van der Waals surface area contributed by atoms with Crippen molar-refractivity contribution in [3.8, 4) is 0 Å². The van der Waals surface area contributed by atoms with Gasteiger partial charge in [0.15, 0.2) is 6.10 Å². The summed E-state index contributed by atoms with van der Waals surface area (Å²) < 4.78 is 31.1. The van der Waals surface area contributed by atoms with Gasteiger partial charge >= 0.3 is 5.97 Å². The SMILES string of the molecule is CCOC(=O)CN1C(=O)[C@H](OCc2ccccc2)[C@@H](OCc2ccccc2)[C@H](OCc2ccccc2)[C@H]1COCc1ccccc1. The summed E-state index contributed by atoms with van der Waals surface area (Å²) in [6.45, 7) is 2.78. The van der Waals surface area contributed by atoms with Crippen LogP contribution in [0.3, 0.4) is 0 Å². The fourth-order valence-electron chi connectivity index (χ4n) is 5.48. The van der Waals surface area contributed by atoms with Gasteiger partial charge in [-0.1, -0.05) is 121 Å². The van der Waals surface area contributed by atoms with Crippen molar-refractivity contribution >= 4 is 11.9 Å². The van der Waals surface area contributed by atoms with E-state index in [4.69, 9.17) is 23.7 Å². The van der Waals surface area contributed by atoms with Gasteiger partial charge < -0.3 is 28.6 Å². The molecule has 0 unspecified atom stereocenters. The highest BCUT2D eigenvalue weighted by molar-refractivity contribution is 5.87. The molecule has 0 spiro atoms. The molecule has 0 aliphatic carbocycles. The van der Waals surface area contributed by atoms with Crippen molar-refractivity contribution in [2.75, 3.05) is 19.8 Å². The maximum Gasteiger partial charge on any atom is 0.325 e. The van der Waals surface area contributed by atoms with E-state index in [9.17, 15) is 9.59 Å². The van der Waals surface area contributed by atoms with Gasteiger partial charge in [0.05, 0.1) is 45.7 Å². The van der Waals surface area contributed by atoms with Crippen LogP contribution >= 0.6 is 0 Å². The van der Waals surface area contributed by atoms with Crippen LogP contribution in [0.2, 0.25) is 0 Å². The lowest BCUT2D eigenvalue weighted by Crippen LogP contribution is -2.68. The van der Waals surface area contributed by atoms with Crippen LogP contribution in [0.1, 0.15) is 29.2 Å². The first-order valence-corrected chi connectivity index (χ1v) is 15.7. The molecular weight excluding hydrogens is 582 g/mol. The number of amides is 1. The molecule has 0 N–H and O–H groups in total. The average molecular weight is 624 g/mol. The number of likely N-dealkylation sites (tertiary alicyclic amines) is 1. The summed E-state index contributed by atoms with van der Waals surface area (Å²) in [7, 11) is 0. The Hall–Kier alpha value is -4.34. The number of esters is 1. The molecule has 46 heavy (non-hydrogen) atoms. The lowest BCUT2D eigenvalue weighted by Gasteiger charge is -2.47. The van der Waals surface area contributed by atoms with Gasteiger partial charge in [0.2, 0.25) is 0 Å². The molecule has 4 aromatic rings. The summed E-state index contributed by atoms with van der Waals surface area (Å²) in [6, 6.07) is 38.4. The molecule has 1 amide bonds. The topological polar surface area (TPSA) is 83.5 Å². The minimum atomic E-state index is -1.05. The zero-order valence-corrected chi connectivity index (χ0v) is 26.1. The van der Waals surface area contributed by atoms with Gasteiger partial charge in [-0.2, -0.15) is 0 Å². The van der Waals surface area contributed by atoms with Gasteiger partial charge in [0.25, 0.3) is 5.91 Å². The Morgan fingerprint density at radius 2 is 1.04 bits per heavy atom. The zero-order valence-electron chi connectivity index (χ0n) is 26.1. The van der Waals surface area contributed by atoms with Crippen molar-refractivity contribution in [2.24, 2.45) is 0 Å². The molecule has 5 rings (SSSR count). The van der Waals surface area contributed by atoms with Crippen molar-refractivity contribution < 1.29 is 33.3 Å². The Morgan fingerprint density at radius 3 is 1.52 bits per heavy atom. The molecule has 8 nitrogen and oxygen atoms in total. The normalized spacial score (nSPS) is 19.6. The average Bonchev–Trinajstić information content (AvgIpc) is 3.10. The van der Waals surface area contributed by atoms with E-state index < -0.39 is 30.3 Å². The Labute approximate surface area is 270 Å². The Kier molecular flexibility index (Phi) is 12.5. The summed E-state index contributed by atoms with van der Waals surface area (Å²) in [4.78, 5) is 28.7. The van der Waals surface area contributed by atoms with Crippen molar-refractivity contribution in [1.29, 1.82) is 0 Å². The van der Waals surface area contributed by atoms with Crippen LogP contribution in [0.15, 0.2) is 121 Å². The van der Waals surface area contributed by atoms with Gasteiger partial charge in [-0.25, -0.2) is 0 Å². The largest absolute Gasteiger partial charge is 0.465 e. The number of hydrogen-bond donors (Lipinski definition) is 0. The minimum Gasteiger partial charge on any atom is -0.465 e. The van der Waals surface area contributed by atoms with E-state index in [1.807, 2.05) is 121 Å². The van der Waals surface area contributed by atoms with Crippen LogP contribution in [0.4, 0.5) is 0 Å². The summed E-state index contributed by atoms with van der Waals surface area (Å²) in [5.74, 6) is -0.897. The predicted octanol–water partition coefficient (Wildman–Crippen LogP) is 5.73. The molecular formula is C38H41NO7. The van der Waals surface area contributed by atoms with Crippen molar-refractivity contribution in [1.82, 2.24) is 4.90 Å². The number of ether oxygens (including phenoxy) is 5. The van der Waals surface area contributed by atoms with E-state index in [0.29, 0.717) is 6.61 Å². The molecule has 1 aliphatic heterocycles. The van der Waals surface area contributed by atoms with Crippen LogP contribution < -0.4 is 0 Å². The third-order valence-corrected chi connectivity index (χ3v) is 7.78. The maximum absolute atomic E-state index is 14.4. The first kappa shape index (κ1) is 33.0. The molecule has 0 bridgehead atoms. The first-order chi connectivity index (χ1) is 22.6. The molecule has 1 heterocycles. The molecule has 8 heteroatoms. The van der Waals surface area contributed by atoms with Gasteiger partial charge in [-0.3, -0.25) is 9.59 Å². The molecule has 0 radical (unpaired) electrons. The van der Waals surface area contributed by atoms with Gasteiger partial charge in [-0.15, -0.1) is 0 Å². The highest BCUT2D eigenvalue weighted by atomic mass is 16.6. The van der Waals surface area contributed by atoms with Crippen LogP contribution in [-0.2, 0) is 59.7 Å². The third-order valence-electron chi connectivity index (χ3n) is 7.78. The van der Waals surface area contributed by atoms with Crippen LogP contribution in [0.25, 0.3) is 0 Å². The lowest BCUT2D eigenvalue weighted by molar-refractivity contribution is -0.215. The van der Waals surface area contributed by atoms with Crippen LogP contribution in [-0.4, -0.2) is 60.9 Å². The van der Waals surface area contributed by atoms with Gasteiger partial charge in [-0.05, 0) is 29.2 Å². The first-order valence-electron chi connectivity index (χ1n) is 15.7.